The van der Waals surface area contributed by atoms with Gasteiger partial charge in [0, 0.05) is 6.54 Å². The molecule has 4 nitrogen and oxygen atoms in total. The van der Waals surface area contributed by atoms with Gasteiger partial charge in [-0.25, -0.2) is 4.98 Å². The number of alkyl halides is 3. The van der Waals surface area contributed by atoms with Crippen molar-refractivity contribution < 1.29 is 18.0 Å². The lowest BCUT2D eigenvalue weighted by Gasteiger charge is -2.12. The molecule has 0 spiro atoms. The average molecular weight is 283 g/mol. The average Bonchev–Trinajstić information content (AvgIpc) is 2.88. The molecule has 3 rings (SSSR count). The topological polar surface area (TPSA) is 46.9 Å². The van der Waals surface area contributed by atoms with Crippen molar-refractivity contribution in [2.75, 3.05) is 0 Å². The highest BCUT2D eigenvalue weighted by Gasteiger charge is 2.41. The Hall–Kier alpha value is -2.05. The highest BCUT2D eigenvalue weighted by atomic mass is 19.4. The van der Waals surface area contributed by atoms with Crippen LogP contribution in [-0.2, 0) is 11.3 Å². The molecule has 0 radical (unpaired) electrons. The van der Waals surface area contributed by atoms with Gasteiger partial charge in [0.25, 0.3) is 0 Å². The monoisotopic (exact) mass is 283 g/mol. The summed E-state index contributed by atoms with van der Waals surface area (Å²) in [5.74, 6) is -1.43. The van der Waals surface area contributed by atoms with E-state index in [0.29, 0.717) is 18.8 Å². The minimum atomic E-state index is -4.87. The number of aryl methyl sites for hydroxylation is 2. The van der Waals surface area contributed by atoms with E-state index in [-0.39, 0.29) is 0 Å². The van der Waals surface area contributed by atoms with Crippen LogP contribution in [0, 0.1) is 6.92 Å². The van der Waals surface area contributed by atoms with Crippen molar-refractivity contribution in [1.29, 1.82) is 0 Å². The minimum absolute atomic E-state index is 0.425. The Balaban J connectivity index is 1.94. The Labute approximate surface area is 112 Å². The molecule has 20 heavy (non-hydrogen) atoms. The van der Waals surface area contributed by atoms with Crippen LogP contribution >= 0.6 is 0 Å². The van der Waals surface area contributed by atoms with E-state index in [1.54, 1.807) is 0 Å². The summed E-state index contributed by atoms with van der Waals surface area (Å²) in [6, 6.07) is 4.99. The summed E-state index contributed by atoms with van der Waals surface area (Å²) in [5, 5.41) is 2.00. The van der Waals surface area contributed by atoms with Gasteiger partial charge in [0.2, 0.25) is 0 Å². The van der Waals surface area contributed by atoms with E-state index in [0.717, 1.165) is 16.6 Å². The Kier molecular flexibility index (Phi) is 2.74. The van der Waals surface area contributed by atoms with E-state index < -0.39 is 18.1 Å². The van der Waals surface area contributed by atoms with Crippen LogP contribution in [0.3, 0.4) is 0 Å². The molecule has 1 aliphatic rings. The van der Waals surface area contributed by atoms with Gasteiger partial charge >= 0.3 is 12.1 Å². The van der Waals surface area contributed by atoms with Gasteiger partial charge in [0.1, 0.15) is 5.82 Å². The maximum Gasteiger partial charge on any atom is 0.471 e. The van der Waals surface area contributed by atoms with E-state index in [1.807, 2.05) is 35.0 Å². The van der Waals surface area contributed by atoms with E-state index in [4.69, 9.17) is 0 Å². The number of hydrogen-bond donors (Lipinski definition) is 1. The number of benzene rings is 1. The molecule has 7 heteroatoms. The molecule has 1 aromatic heterocycles. The highest BCUT2D eigenvalue weighted by molar-refractivity contribution is 5.82. The zero-order chi connectivity index (χ0) is 14.5. The van der Waals surface area contributed by atoms with Crippen LogP contribution in [-0.4, -0.2) is 21.6 Å². The Morgan fingerprint density at radius 3 is 2.90 bits per heavy atom. The molecule has 0 saturated carbocycles. The maximum absolute atomic E-state index is 12.3. The first-order chi connectivity index (χ1) is 9.36. The quantitative estimate of drug-likeness (QED) is 0.874. The van der Waals surface area contributed by atoms with Gasteiger partial charge in [-0.15, -0.1) is 0 Å². The van der Waals surface area contributed by atoms with E-state index >= 15 is 0 Å². The smallest absolute Gasteiger partial charge is 0.338 e. The third kappa shape index (κ3) is 2.03. The lowest BCUT2D eigenvalue weighted by atomic mass is 10.2. The molecule has 0 fully saturated rings. The number of amides is 1. The Morgan fingerprint density at radius 1 is 1.45 bits per heavy atom. The minimum Gasteiger partial charge on any atom is -0.338 e. The van der Waals surface area contributed by atoms with Gasteiger partial charge in [-0.2, -0.15) is 13.2 Å². The number of carbonyl (C=O) groups is 1. The van der Waals surface area contributed by atoms with Crippen LogP contribution < -0.4 is 5.32 Å². The molecular formula is C13H12F3N3O. The predicted molar refractivity (Wildman–Crippen MR) is 66.0 cm³/mol. The molecule has 0 bridgehead atoms. The Bertz CT molecular complexity index is 690. The number of nitrogens with zero attached hydrogens (tertiary/aromatic N) is 2. The largest absolute Gasteiger partial charge is 0.471 e. The summed E-state index contributed by atoms with van der Waals surface area (Å²) in [6.45, 7) is 2.50. The summed E-state index contributed by atoms with van der Waals surface area (Å²) >= 11 is 0. The fraction of sp³-hybridized carbons (Fsp3) is 0.385. The molecule has 0 saturated heterocycles. The third-order valence-electron chi connectivity index (χ3n) is 3.45. The van der Waals surface area contributed by atoms with E-state index in [2.05, 4.69) is 4.98 Å². The summed E-state index contributed by atoms with van der Waals surface area (Å²) in [6.07, 6.45) is -4.44. The second-order valence-corrected chi connectivity index (χ2v) is 4.93. The van der Waals surface area contributed by atoms with Crippen molar-refractivity contribution >= 4 is 16.9 Å². The third-order valence-corrected chi connectivity index (χ3v) is 3.45. The molecule has 1 N–H and O–H groups in total. The van der Waals surface area contributed by atoms with Gasteiger partial charge in [-0.05, 0) is 31.0 Å². The van der Waals surface area contributed by atoms with Crippen molar-refractivity contribution in [3.8, 4) is 0 Å². The van der Waals surface area contributed by atoms with Crippen LogP contribution in [0.1, 0.15) is 23.9 Å². The number of carbonyl (C=O) groups excluding carboxylic acids is 1. The van der Waals surface area contributed by atoms with Crippen molar-refractivity contribution in [2.24, 2.45) is 0 Å². The Morgan fingerprint density at radius 2 is 2.20 bits per heavy atom. The molecule has 0 aliphatic carbocycles. The fourth-order valence-electron chi connectivity index (χ4n) is 2.52. The SMILES string of the molecule is Cc1ccc2nc3n(c2c1)CC[C@@H]3NC(=O)C(F)(F)F. The van der Waals surface area contributed by atoms with Gasteiger partial charge in [0.15, 0.2) is 0 Å². The van der Waals surface area contributed by atoms with Crippen molar-refractivity contribution in [2.45, 2.75) is 32.1 Å². The first-order valence-corrected chi connectivity index (χ1v) is 6.21. The van der Waals surface area contributed by atoms with E-state index in [1.165, 1.54) is 0 Å². The zero-order valence-electron chi connectivity index (χ0n) is 10.7. The maximum atomic E-state index is 12.3. The first-order valence-electron chi connectivity index (χ1n) is 6.21. The first kappa shape index (κ1) is 13.0. The molecular weight excluding hydrogens is 271 g/mol. The normalized spacial score (nSPS) is 18.3. The van der Waals surface area contributed by atoms with Gasteiger partial charge in [-0.3, -0.25) is 4.79 Å². The number of hydrogen-bond acceptors (Lipinski definition) is 2. The number of aromatic nitrogens is 2. The number of halogens is 3. The molecule has 1 aliphatic heterocycles. The van der Waals surface area contributed by atoms with Crippen molar-refractivity contribution in [1.82, 2.24) is 14.9 Å². The molecule has 2 heterocycles. The standard InChI is InChI=1S/C13H12F3N3O/c1-7-2-3-8-10(6-7)19-5-4-9(11(19)17-8)18-12(20)13(14,15)16/h2-3,6,9H,4-5H2,1H3,(H,18,20)/t9-/m0/s1. The van der Waals surface area contributed by atoms with Crippen LogP contribution in [0.4, 0.5) is 13.2 Å². The van der Waals surface area contributed by atoms with Gasteiger partial charge in [0.05, 0.1) is 17.1 Å². The number of fused-ring (bicyclic) bond motifs is 3. The number of nitrogens with one attached hydrogen (secondary N) is 1. The van der Waals surface area contributed by atoms with Crippen LogP contribution in [0.15, 0.2) is 18.2 Å². The molecule has 2 aromatic rings. The second-order valence-electron chi connectivity index (χ2n) is 4.93. The molecule has 0 unspecified atom stereocenters. The van der Waals surface area contributed by atoms with Crippen LogP contribution in [0.2, 0.25) is 0 Å². The number of rotatable bonds is 1. The second kappa shape index (κ2) is 4.22. The van der Waals surface area contributed by atoms with E-state index in [9.17, 15) is 18.0 Å². The summed E-state index contributed by atoms with van der Waals surface area (Å²) in [7, 11) is 0. The molecule has 106 valence electrons. The lowest BCUT2D eigenvalue weighted by Crippen LogP contribution is -2.38. The van der Waals surface area contributed by atoms with Gasteiger partial charge in [-0.1, -0.05) is 6.07 Å². The molecule has 1 amide bonds. The van der Waals surface area contributed by atoms with Crippen LogP contribution in [0.5, 0.6) is 0 Å². The zero-order valence-corrected chi connectivity index (χ0v) is 10.7. The fourth-order valence-corrected chi connectivity index (χ4v) is 2.52. The molecule has 1 atom stereocenters. The summed E-state index contributed by atoms with van der Waals surface area (Å²) in [4.78, 5) is 15.4. The highest BCUT2D eigenvalue weighted by Crippen LogP contribution is 2.31. The predicted octanol–water partition coefficient (Wildman–Crippen LogP) is 2.47. The van der Waals surface area contributed by atoms with Crippen LogP contribution in [0.25, 0.3) is 11.0 Å². The number of imidazole rings is 1. The summed E-state index contributed by atoms with van der Waals surface area (Å²) in [5.41, 5.74) is 2.68. The molecule has 1 aromatic carbocycles. The van der Waals surface area contributed by atoms with Gasteiger partial charge < -0.3 is 9.88 Å². The van der Waals surface area contributed by atoms with Crippen molar-refractivity contribution in [3.05, 3.63) is 29.6 Å². The van der Waals surface area contributed by atoms with Crippen molar-refractivity contribution in [3.63, 3.8) is 0 Å². The lowest BCUT2D eigenvalue weighted by molar-refractivity contribution is -0.174. The summed E-state index contributed by atoms with van der Waals surface area (Å²) < 4.78 is 38.8.